The molecule has 0 saturated carbocycles. The van der Waals surface area contributed by atoms with E-state index in [0.29, 0.717) is 13.2 Å². The quantitative estimate of drug-likeness (QED) is 0.784. The highest BCUT2D eigenvalue weighted by atomic mass is 19.1. The average molecular weight is 268 g/mol. The zero-order valence-electron chi connectivity index (χ0n) is 12.4. The highest BCUT2D eigenvalue weighted by Gasteiger charge is 2.17. The summed E-state index contributed by atoms with van der Waals surface area (Å²) in [6.07, 6.45) is 0. The second-order valence-electron chi connectivity index (χ2n) is 4.61. The Morgan fingerprint density at radius 3 is 2.68 bits per heavy atom. The van der Waals surface area contributed by atoms with Crippen LogP contribution in [-0.4, -0.2) is 32.8 Å². The lowest BCUT2D eigenvalue weighted by atomic mass is 10.1. The van der Waals surface area contributed by atoms with Gasteiger partial charge in [0.25, 0.3) is 0 Å². The Morgan fingerprint density at radius 1 is 1.37 bits per heavy atom. The van der Waals surface area contributed by atoms with Crippen molar-refractivity contribution < 1.29 is 9.13 Å². The fraction of sp³-hybridized carbons (Fsp3) is 0.600. The van der Waals surface area contributed by atoms with Gasteiger partial charge in [0.1, 0.15) is 5.82 Å². The van der Waals surface area contributed by atoms with Crippen molar-refractivity contribution in [3.63, 3.8) is 0 Å². The lowest BCUT2D eigenvalue weighted by molar-refractivity contribution is 0.182. The first-order valence-corrected chi connectivity index (χ1v) is 6.89. The van der Waals surface area contributed by atoms with Gasteiger partial charge in [0, 0.05) is 37.5 Å². The number of methoxy groups -OCH3 is 1. The first-order chi connectivity index (χ1) is 9.15. The predicted molar refractivity (Wildman–Crippen MR) is 78.1 cm³/mol. The molecule has 1 N–H and O–H groups in total. The highest BCUT2D eigenvalue weighted by Crippen LogP contribution is 2.25. The van der Waals surface area contributed by atoms with Crippen molar-refractivity contribution in [3.05, 3.63) is 29.6 Å². The number of rotatable bonds is 8. The molecule has 4 heteroatoms. The topological polar surface area (TPSA) is 24.5 Å². The molecule has 0 aliphatic heterocycles. The SMILES string of the molecule is CCNCc1c(F)cccc1N(CC)C(C)COC. The van der Waals surface area contributed by atoms with Crippen molar-refractivity contribution in [2.75, 3.05) is 31.7 Å². The average Bonchev–Trinajstić information content (AvgIpc) is 2.39. The van der Waals surface area contributed by atoms with Crippen molar-refractivity contribution in [2.24, 2.45) is 0 Å². The molecule has 0 spiro atoms. The summed E-state index contributed by atoms with van der Waals surface area (Å²) < 4.78 is 19.2. The summed E-state index contributed by atoms with van der Waals surface area (Å²) in [6, 6.07) is 5.48. The summed E-state index contributed by atoms with van der Waals surface area (Å²) in [7, 11) is 1.69. The maximum absolute atomic E-state index is 14.0. The molecular weight excluding hydrogens is 243 g/mol. The summed E-state index contributed by atoms with van der Waals surface area (Å²) in [4.78, 5) is 2.18. The fourth-order valence-corrected chi connectivity index (χ4v) is 2.29. The van der Waals surface area contributed by atoms with E-state index in [1.165, 1.54) is 6.07 Å². The van der Waals surface area contributed by atoms with E-state index in [1.54, 1.807) is 13.2 Å². The molecule has 0 fully saturated rings. The van der Waals surface area contributed by atoms with Gasteiger partial charge in [-0.25, -0.2) is 4.39 Å². The molecule has 19 heavy (non-hydrogen) atoms. The Balaban J connectivity index is 3.04. The Kier molecular flexibility index (Phi) is 6.81. The third-order valence-corrected chi connectivity index (χ3v) is 3.24. The van der Waals surface area contributed by atoms with E-state index < -0.39 is 0 Å². The third kappa shape index (κ3) is 4.18. The van der Waals surface area contributed by atoms with Gasteiger partial charge in [0.15, 0.2) is 0 Å². The molecule has 1 aromatic carbocycles. The van der Waals surface area contributed by atoms with Crippen molar-refractivity contribution in [3.8, 4) is 0 Å². The number of halogens is 1. The number of benzene rings is 1. The largest absolute Gasteiger partial charge is 0.383 e. The molecule has 1 rings (SSSR count). The van der Waals surface area contributed by atoms with E-state index in [2.05, 4.69) is 24.1 Å². The summed E-state index contributed by atoms with van der Waals surface area (Å²) >= 11 is 0. The molecule has 0 aliphatic rings. The standard InChI is InChI=1S/C15H25FN2O/c1-5-17-10-13-14(16)8-7-9-15(13)18(6-2)12(3)11-19-4/h7-9,12,17H,5-6,10-11H2,1-4H3. The van der Waals surface area contributed by atoms with Gasteiger partial charge in [-0.3, -0.25) is 0 Å². The monoisotopic (exact) mass is 268 g/mol. The molecule has 0 bridgehead atoms. The van der Waals surface area contributed by atoms with Crippen LogP contribution in [0.15, 0.2) is 18.2 Å². The van der Waals surface area contributed by atoms with E-state index in [9.17, 15) is 4.39 Å². The second-order valence-corrected chi connectivity index (χ2v) is 4.61. The number of hydrogen-bond donors (Lipinski definition) is 1. The van der Waals surface area contributed by atoms with Crippen molar-refractivity contribution in [2.45, 2.75) is 33.4 Å². The highest BCUT2D eigenvalue weighted by molar-refractivity contribution is 5.55. The molecule has 3 nitrogen and oxygen atoms in total. The number of hydrogen-bond acceptors (Lipinski definition) is 3. The lowest BCUT2D eigenvalue weighted by Crippen LogP contribution is -2.37. The molecule has 0 amide bonds. The van der Waals surface area contributed by atoms with Crippen LogP contribution in [0.3, 0.4) is 0 Å². The van der Waals surface area contributed by atoms with Gasteiger partial charge in [0.05, 0.1) is 6.61 Å². The van der Waals surface area contributed by atoms with Crippen molar-refractivity contribution >= 4 is 5.69 Å². The van der Waals surface area contributed by atoms with E-state index >= 15 is 0 Å². The zero-order valence-corrected chi connectivity index (χ0v) is 12.4. The molecule has 0 aromatic heterocycles. The summed E-state index contributed by atoms with van der Waals surface area (Å²) in [6.45, 7) is 9.02. The molecule has 0 saturated heterocycles. The maximum atomic E-state index is 14.0. The lowest BCUT2D eigenvalue weighted by Gasteiger charge is -2.31. The van der Waals surface area contributed by atoms with Gasteiger partial charge in [0.2, 0.25) is 0 Å². The molecule has 0 aliphatic carbocycles. The summed E-state index contributed by atoms with van der Waals surface area (Å²) in [5.74, 6) is -0.151. The van der Waals surface area contributed by atoms with Crippen LogP contribution in [-0.2, 0) is 11.3 Å². The minimum absolute atomic E-state index is 0.151. The minimum atomic E-state index is -0.151. The minimum Gasteiger partial charge on any atom is -0.383 e. The Labute approximate surface area is 115 Å². The van der Waals surface area contributed by atoms with Gasteiger partial charge in [-0.1, -0.05) is 13.0 Å². The van der Waals surface area contributed by atoms with Crippen molar-refractivity contribution in [1.82, 2.24) is 5.32 Å². The Bertz CT molecular complexity index is 384. The first kappa shape index (κ1) is 15.9. The molecule has 1 unspecified atom stereocenters. The first-order valence-electron chi connectivity index (χ1n) is 6.89. The number of nitrogens with zero attached hydrogens (tertiary/aromatic N) is 1. The van der Waals surface area contributed by atoms with Gasteiger partial charge in [-0.15, -0.1) is 0 Å². The van der Waals surface area contributed by atoms with Gasteiger partial charge < -0.3 is 15.0 Å². The van der Waals surface area contributed by atoms with Crippen LogP contribution in [0.4, 0.5) is 10.1 Å². The van der Waals surface area contributed by atoms with Crippen LogP contribution in [0.5, 0.6) is 0 Å². The molecule has 0 radical (unpaired) electrons. The van der Waals surface area contributed by atoms with E-state index in [1.807, 2.05) is 13.0 Å². The van der Waals surface area contributed by atoms with Crippen molar-refractivity contribution in [1.29, 1.82) is 0 Å². The number of likely N-dealkylation sites (N-methyl/N-ethyl adjacent to an activating group) is 1. The Hall–Kier alpha value is -1.13. The maximum Gasteiger partial charge on any atom is 0.129 e. The van der Waals surface area contributed by atoms with E-state index in [-0.39, 0.29) is 11.9 Å². The van der Waals surface area contributed by atoms with Crippen LogP contribution >= 0.6 is 0 Å². The Morgan fingerprint density at radius 2 is 2.11 bits per heavy atom. The van der Waals surface area contributed by atoms with Crippen LogP contribution in [0.25, 0.3) is 0 Å². The molecule has 0 heterocycles. The zero-order chi connectivity index (χ0) is 14.3. The summed E-state index contributed by atoms with van der Waals surface area (Å²) in [5, 5.41) is 3.20. The normalized spacial score (nSPS) is 12.5. The van der Waals surface area contributed by atoms with Crippen LogP contribution in [0.2, 0.25) is 0 Å². The van der Waals surface area contributed by atoms with Crippen LogP contribution in [0, 0.1) is 5.82 Å². The molecule has 108 valence electrons. The van der Waals surface area contributed by atoms with Gasteiger partial charge in [-0.2, -0.15) is 0 Å². The number of nitrogens with one attached hydrogen (secondary N) is 1. The van der Waals surface area contributed by atoms with Crippen LogP contribution in [0.1, 0.15) is 26.3 Å². The van der Waals surface area contributed by atoms with Crippen LogP contribution < -0.4 is 10.2 Å². The fourth-order valence-electron chi connectivity index (χ4n) is 2.29. The smallest absolute Gasteiger partial charge is 0.129 e. The van der Waals surface area contributed by atoms with Gasteiger partial charge in [-0.05, 0) is 32.5 Å². The van der Waals surface area contributed by atoms with E-state index in [0.717, 1.165) is 24.3 Å². The molecule has 1 atom stereocenters. The second kappa shape index (κ2) is 8.12. The molecular formula is C15H25FN2O. The summed E-state index contributed by atoms with van der Waals surface area (Å²) in [5.41, 5.74) is 1.68. The number of anilines is 1. The van der Waals surface area contributed by atoms with Gasteiger partial charge >= 0.3 is 0 Å². The predicted octanol–water partition coefficient (Wildman–Crippen LogP) is 2.80. The van der Waals surface area contributed by atoms with E-state index in [4.69, 9.17) is 4.74 Å². The molecule has 1 aromatic rings. The number of ether oxygens (including phenoxy) is 1. The third-order valence-electron chi connectivity index (χ3n) is 3.24.